The predicted octanol–water partition coefficient (Wildman–Crippen LogP) is 4.71. The van der Waals surface area contributed by atoms with Gasteiger partial charge in [-0.15, -0.1) is 0 Å². The maximum absolute atomic E-state index is 10.7. The van der Waals surface area contributed by atoms with Crippen molar-refractivity contribution in [3.05, 3.63) is 29.3 Å². The molecular weight excluding hydrogens is 300 g/mol. The van der Waals surface area contributed by atoms with Crippen molar-refractivity contribution in [1.29, 1.82) is 0 Å². The van der Waals surface area contributed by atoms with E-state index in [0.29, 0.717) is 18.4 Å². The minimum atomic E-state index is -0.746. The lowest BCUT2D eigenvalue weighted by molar-refractivity contribution is -0.137. The summed E-state index contributed by atoms with van der Waals surface area (Å²) in [6.07, 6.45) is 9.07. The van der Waals surface area contributed by atoms with E-state index >= 15 is 0 Å². The fraction of sp³-hybridized carbons (Fsp3) is 0.667. The molecule has 24 heavy (non-hydrogen) atoms. The molecule has 3 heteroatoms. The second-order valence-corrected chi connectivity index (χ2v) is 8.54. The maximum atomic E-state index is 10.7. The first-order chi connectivity index (χ1) is 11.5. The van der Waals surface area contributed by atoms with Crippen molar-refractivity contribution in [1.82, 2.24) is 0 Å². The number of hydrogen-bond acceptors (Lipinski definition) is 2. The minimum Gasteiger partial charge on any atom is -0.493 e. The van der Waals surface area contributed by atoms with Gasteiger partial charge in [0.15, 0.2) is 0 Å². The Morgan fingerprint density at radius 2 is 1.79 bits per heavy atom. The van der Waals surface area contributed by atoms with Crippen LogP contribution in [0.25, 0.3) is 0 Å². The van der Waals surface area contributed by atoms with Gasteiger partial charge in [-0.2, -0.15) is 0 Å². The molecule has 0 spiro atoms. The van der Waals surface area contributed by atoms with Gasteiger partial charge in [-0.25, -0.2) is 0 Å². The molecule has 5 rings (SSSR count). The Kier molecular flexibility index (Phi) is 4.06. The number of aryl methyl sites for hydroxylation is 1. The van der Waals surface area contributed by atoms with E-state index in [1.165, 1.54) is 49.7 Å². The second kappa shape index (κ2) is 6.09. The number of carboxylic acid groups (broad SMARTS) is 1. The first kappa shape index (κ1) is 16.0. The molecule has 130 valence electrons. The lowest BCUT2D eigenvalue weighted by Crippen LogP contribution is -2.48. The topological polar surface area (TPSA) is 46.5 Å². The number of rotatable bonds is 6. The molecule has 0 unspecified atom stereocenters. The van der Waals surface area contributed by atoms with Gasteiger partial charge in [-0.3, -0.25) is 4.79 Å². The minimum absolute atomic E-state index is 0.179. The van der Waals surface area contributed by atoms with Gasteiger partial charge in [0.25, 0.3) is 0 Å². The van der Waals surface area contributed by atoms with E-state index in [-0.39, 0.29) is 6.42 Å². The van der Waals surface area contributed by atoms with Gasteiger partial charge >= 0.3 is 5.97 Å². The van der Waals surface area contributed by atoms with E-state index < -0.39 is 5.97 Å². The smallest absolute Gasteiger partial charge is 0.303 e. The Morgan fingerprint density at radius 1 is 1.17 bits per heavy atom. The van der Waals surface area contributed by atoms with Gasteiger partial charge in [0.1, 0.15) is 5.75 Å². The summed E-state index contributed by atoms with van der Waals surface area (Å²) >= 11 is 0. The summed E-state index contributed by atoms with van der Waals surface area (Å²) < 4.78 is 6.09. The Labute approximate surface area is 144 Å². The first-order valence-electron chi connectivity index (χ1n) is 9.50. The van der Waals surface area contributed by atoms with Crippen LogP contribution in [0.15, 0.2) is 18.2 Å². The molecule has 0 heterocycles. The molecule has 0 amide bonds. The number of hydrogen-bond donors (Lipinski definition) is 1. The van der Waals surface area contributed by atoms with Gasteiger partial charge < -0.3 is 9.84 Å². The Balaban J connectivity index is 1.57. The third-order valence-corrected chi connectivity index (χ3v) is 6.54. The number of carbonyl (C=O) groups is 1. The van der Waals surface area contributed by atoms with Crippen molar-refractivity contribution in [3.63, 3.8) is 0 Å². The van der Waals surface area contributed by atoms with E-state index in [1.54, 1.807) is 0 Å². The highest BCUT2D eigenvalue weighted by Gasteiger charge is 2.52. The molecule has 1 aromatic carbocycles. The Bertz CT molecular complexity index is 599. The Hall–Kier alpha value is -1.51. The number of ether oxygens (including phenoxy) is 1. The molecule has 0 atom stereocenters. The molecule has 0 aromatic heterocycles. The van der Waals surface area contributed by atoms with Gasteiger partial charge in [-0.1, -0.05) is 12.1 Å². The van der Waals surface area contributed by atoms with Crippen molar-refractivity contribution in [2.75, 3.05) is 6.61 Å². The highest BCUT2D eigenvalue weighted by Crippen LogP contribution is 2.61. The molecule has 0 radical (unpaired) electrons. The summed E-state index contributed by atoms with van der Waals surface area (Å²) in [7, 11) is 0. The van der Waals surface area contributed by atoms with Gasteiger partial charge in [0, 0.05) is 12.0 Å². The average Bonchev–Trinajstić information content (AvgIpc) is 2.50. The van der Waals surface area contributed by atoms with Crippen LogP contribution in [0.5, 0.6) is 5.75 Å². The van der Waals surface area contributed by atoms with Crippen LogP contribution in [-0.4, -0.2) is 17.7 Å². The van der Waals surface area contributed by atoms with Crippen LogP contribution >= 0.6 is 0 Å². The quantitative estimate of drug-likeness (QED) is 0.770. The van der Waals surface area contributed by atoms with Crippen LogP contribution in [-0.2, 0) is 10.2 Å². The van der Waals surface area contributed by atoms with Gasteiger partial charge in [0.2, 0.25) is 0 Å². The monoisotopic (exact) mass is 328 g/mol. The van der Waals surface area contributed by atoms with Crippen molar-refractivity contribution in [2.45, 2.75) is 63.7 Å². The molecule has 4 saturated carbocycles. The van der Waals surface area contributed by atoms with Crippen molar-refractivity contribution in [3.8, 4) is 5.75 Å². The summed E-state index contributed by atoms with van der Waals surface area (Å²) in [6.45, 7) is 2.60. The summed E-state index contributed by atoms with van der Waals surface area (Å²) in [5.74, 6) is 3.01. The van der Waals surface area contributed by atoms with E-state index in [9.17, 15) is 4.79 Å². The first-order valence-corrected chi connectivity index (χ1v) is 9.50. The molecule has 1 N–H and O–H groups in total. The highest BCUT2D eigenvalue weighted by molar-refractivity contribution is 5.66. The van der Waals surface area contributed by atoms with Crippen molar-refractivity contribution < 1.29 is 14.6 Å². The highest BCUT2D eigenvalue weighted by atomic mass is 16.5. The van der Waals surface area contributed by atoms with Crippen LogP contribution in [0.4, 0.5) is 0 Å². The normalized spacial score (nSPS) is 33.6. The van der Waals surface area contributed by atoms with Gasteiger partial charge in [-0.05, 0) is 86.7 Å². The van der Waals surface area contributed by atoms with Crippen LogP contribution in [0, 0.1) is 24.7 Å². The molecule has 4 aliphatic carbocycles. The third-order valence-electron chi connectivity index (χ3n) is 6.54. The van der Waals surface area contributed by atoms with Crippen molar-refractivity contribution in [2.24, 2.45) is 17.8 Å². The standard InChI is InChI=1S/C21H28O3/c1-14-4-5-18(19(7-14)24-6-2-3-20(22)23)21-11-15-8-16(12-21)10-17(9-15)13-21/h4-5,7,15-17H,2-3,6,8-13H2,1H3,(H,22,23). The molecule has 4 bridgehead atoms. The largest absolute Gasteiger partial charge is 0.493 e. The lowest BCUT2D eigenvalue weighted by Gasteiger charge is -2.57. The van der Waals surface area contributed by atoms with E-state index in [1.807, 2.05) is 0 Å². The van der Waals surface area contributed by atoms with Crippen LogP contribution < -0.4 is 4.74 Å². The summed E-state index contributed by atoms with van der Waals surface area (Å²) in [6, 6.07) is 6.68. The average molecular weight is 328 g/mol. The van der Waals surface area contributed by atoms with E-state index in [0.717, 1.165) is 23.5 Å². The predicted molar refractivity (Wildman–Crippen MR) is 93.4 cm³/mol. The van der Waals surface area contributed by atoms with Crippen LogP contribution in [0.1, 0.15) is 62.5 Å². The summed E-state index contributed by atoms with van der Waals surface area (Å²) in [5, 5.41) is 8.81. The summed E-state index contributed by atoms with van der Waals surface area (Å²) in [5.41, 5.74) is 2.95. The second-order valence-electron chi connectivity index (χ2n) is 8.54. The molecule has 1 aromatic rings. The fourth-order valence-corrected chi connectivity index (χ4v) is 6.03. The zero-order valence-electron chi connectivity index (χ0n) is 14.6. The van der Waals surface area contributed by atoms with E-state index in [4.69, 9.17) is 9.84 Å². The van der Waals surface area contributed by atoms with E-state index in [2.05, 4.69) is 25.1 Å². The third kappa shape index (κ3) is 2.94. The molecule has 4 fully saturated rings. The fourth-order valence-electron chi connectivity index (χ4n) is 6.03. The molecular formula is C21H28O3. The molecule has 3 nitrogen and oxygen atoms in total. The van der Waals surface area contributed by atoms with Gasteiger partial charge in [0.05, 0.1) is 6.61 Å². The maximum Gasteiger partial charge on any atom is 0.303 e. The zero-order valence-corrected chi connectivity index (χ0v) is 14.6. The lowest BCUT2D eigenvalue weighted by atomic mass is 9.48. The van der Waals surface area contributed by atoms with Crippen LogP contribution in [0.3, 0.4) is 0 Å². The number of carboxylic acids is 1. The SMILES string of the molecule is Cc1ccc(C23CC4CC(CC(C4)C2)C3)c(OCCCC(=O)O)c1. The molecule has 0 saturated heterocycles. The number of aliphatic carboxylic acids is 1. The number of benzene rings is 1. The molecule has 0 aliphatic heterocycles. The zero-order chi connectivity index (χ0) is 16.7. The van der Waals surface area contributed by atoms with Crippen LogP contribution in [0.2, 0.25) is 0 Å². The molecule has 4 aliphatic rings. The summed E-state index contributed by atoms with van der Waals surface area (Å²) in [4.78, 5) is 10.7. The van der Waals surface area contributed by atoms with Crippen molar-refractivity contribution >= 4 is 5.97 Å². The Morgan fingerprint density at radius 3 is 2.38 bits per heavy atom.